The van der Waals surface area contributed by atoms with Gasteiger partial charge in [-0.2, -0.15) is 0 Å². The summed E-state index contributed by atoms with van der Waals surface area (Å²) in [5.74, 6) is -1.06. The summed E-state index contributed by atoms with van der Waals surface area (Å²) in [4.78, 5) is 37.0. The molecule has 0 saturated heterocycles. The molecule has 0 fully saturated rings. The molecule has 0 aromatic heterocycles. The number of nitrogens with one attached hydrogen (secondary N) is 1. The molecule has 1 aliphatic rings. The quantitative estimate of drug-likeness (QED) is 0.443. The lowest BCUT2D eigenvalue weighted by Gasteiger charge is -2.18. The van der Waals surface area contributed by atoms with Crippen molar-refractivity contribution in [1.29, 1.82) is 0 Å². The molecular formula is C24H27NO3. The number of rotatable bonds is 9. The molecule has 0 saturated carbocycles. The summed E-state index contributed by atoms with van der Waals surface area (Å²) < 4.78 is 0. The molecule has 0 atom stereocenters. The van der Waals surface area contributed by atoms with Gasteiger partial charge in [-0.25, -0.2) is 0 Å². The molecular weight excluding hydrogens is 350 g/mol. The third kappa shape index (κ3) is 4.56. The second-order valence-corrected chi connectivity index (χ2v) is 7.38. The molecule has 0 radical (unpaired) electrons. The first-order valence-corrected chi connectivity index (χ1v) is 10.2. The minimum absolute atomic E-state index is 0.0523. The van der Waals surface area contributed by atoms with E-state index in [9.17, 15) is 14.4 Å². The van der Waals surface area contributed by atoms with Gasteiger partial charge in [-0.05, 0) is 29.7 Å². The van der Waals surface area contributed by atoms with Crippen LogP contribution in [-0.4, -0.2) is 17.5 Å². The number of ketones is 2. The van der Waals surface area contributed by atoms with Crippen LogP contribution in [0.3, 0.4) is 0 Å². The van der Waals surface area contributed by atoms with Gasteiger partial charge in [-0.1, -0.05) is 75.8 Å². The van der Waals surface area contributed by atoms with Crippen molar-refractivity contribution in [3.63, 3.8) is 0 Å². The molecule has 0 heterocycles. The second kappa shape index (κ2) is 9.45. The fraction of sp³-hybridized carbons (Fsp3) is 0.375. The van der Waals surface area contributed by atoms with Gasteiger partial charge in [0, 0.05) is 23.2 Å². The number of carbonyl (C=O) groups is 3. The first-order valence-electron chi connectivity index (χ1n) is 10.2. The number of Topliss-reactive ketones (excluding diaryl/α,β-unsaturated/α-hetero) is 2. The lowest BCUT2D eigenvalue weighted by molar-refractivity contribution is -0.116. The number of benzene rings is 2. The van der Waals surface area contributed by atoms with Crippen LogP contribution < -0.4 is 5.32 Å². The van der Waals surface area contributed by atoms with E-state index in [2.05, 4.69) is 12.2 Å². The Morgan fingerprint density at radius 3 is 2.11 bits per heavy atom. The van der Waals surface area contributed by atoms with Crippen LogP contribution in [0.4, 0.5) is 5.69 Å². The Kier molecular flexibility index (Phi) is 6.75. The molecule has 4 nitrogen and oxygen atoms in total. The second-order valence-electron chi connectivity index (χ2n) is 7.38. The maximum absolute atomic E-state index is 12.5. The summed E-state index contributed by atoms with van der Waals surface area (Å²) in [5, 5.41) is 2.86. The average molecular weight is 377 g/mol. The monoisotopic (exact) mass is 377 g/mol. The Hall–Kier alpha value is -2.75. The van der Waals surface area contributed by atoms with Gasteiger partial charge in [0.1, 0.15) is 0 Å². The Morgan fingerprint density at radius 1 is 0.750 bits per heavy atom. The zero-order chi connectivity index (χ0) is 19.9. The number of hydrogen-bond donors (Lipinski definition) is 1. The van der Waals surface area contributed by atoms with E-state index in [0.717, 1.165) is 24.0 Å². The fourth-order valence-electron chi connectivity index (χ4n) is 3.67. The summed E-state index contributed by atoms with van der Waals surface area (Å²) in [6.45, 7) is 2.20. The van der Waals surface area contributed by atoms with E-state index in [1.54, 1.807) is 24.3 Å². The van der Waals surface area contributed by atoms with E-state index < -0.39 is 11.6 Å². The summed E-state index contributed by atoms with van der Waals surface area (Å²) >= 11 is 0. The summed E-state index contributed by atoms with van der Waals surface area (Å²) in [6, 6.07) is 12.3. The van der Waals surface area contributed by atoms with Crippen molar-refractivity contribution in [2.75, 3.05) is 5.32 Å². The van der Waals surface area contributed by atoms with Crippen molar-refractivity contribution >= 4 is 23.2 Å². The highest BCUT2D eigenvalue weighted by molar-refractivity contribution is 6.53. The largest absolute Gasteiger partial charge is 0.326 e. The van der Waals surface area contributed by atoms with E-state index >= 15 is 0 Å². The Bertz CT molecular complexity index is 885. The van der Waals surface area contributed by atoms with Crippen LogP contribution in [0.15, 0.2) is 42.5 Å². The molecule has 0 spiro atoms. The molecule has 2 aromatic carbocycles. The fourth-order valence-corrected chi connectivity index (χ4v) is 3.67. The van der Waals surface area contributed by atoms with Gasteiger partial charge >= 0.3 is 0 Å². The van der Waals surface area contributed by atoms with Crippen LogP contribution >= 0.6 is 0 Å². The lowest BCUT2D eigenvalue weighted by Crippen LogP contribution is -2.21. The third-order valence-electron chi connectivity index (χ3n) is 5.22. The van der Waals surface area contributed by atoms with Gasteiger partial charge in [0.25, 0.3) is 0 Å². The Balaban J connectivity index is 1.59. The third-order valence-corrected chi connectivity index (χ3v) is 5.22. The Labute approximate surface area is 166 Å². The summed E-state index contributed by atoms with van der Waals surface area (Å²) in [7, 11) is 0. The van der Waals surface area contributed by atoms with Gasteiger partial charge in [0.15, 0.2) is 0 Å². The van der Waals surface area contributed by atoms with E-state index in [4.69, 9.17) is 0 Å². The standard InChI is InChI=1S/C24H27NO3/c1-2-3-4-5-6-7-8-13-22(26)25-17-14-15-19-18-11-9-10-12-20(18)23(27)24(28)21(19)16-17/h9-12,14-16H,2-8,13H2,1H3,(H,25,26). The maximum atomic E-state index is 12.5. The zero-order valence-electron chi connectivity index (χ0n) is 16.4. The summed E-state index contributed by atoms with van der Waals surface area (Å²) in [6.07, 6.45) is 8.60. The minimum atomic E-state index is -0.517. The lowest BCUT2D eigenvalue weighted by atomic mass is 9.84. The Morgan fingerprint density at radius 2 is 1.36 bits per heavy atom. The number of anilines is 1. The van der Waals surface area contributed by atoms with Gasteiger partial charge in [-0.15, -0.1) is 0 Å². The highest BCUT2D eigenvalue weighted by Gasteiger charge is 2.30. The highest BCUT2D eigenvalue weighted by Crippen LogP contribution is 2.34. The van der Waals surface area contributed by atoms with Crippen molar-refractivity contribution in [3.05, 3.63) is 53.6 Å². The smallest absolute Gasteiger partial charge is 0.234 e. The molecule has 28 heavy (non-hydrogen) atoms. The van der Waals surface area contributed by atoms with Gasteiger partial charge in [-0.3, -0.25) is 14.4 Å². The van der Waals surface area contributed by atoms with Crippen molar-refractivity contribution < 1.29 is 14.4 Å². The van der Waals surface area contributed by atoms with Crippen LogP contribution in [0.1, 0.15) is 79.0 Å². The molecule has 0 unspecified atom stereocenters. The normalized spacial score (nSPS) is 12.5. The molecule has 0 aliphatic heterocycles. The minimum Gasteiger partial charge on any atom is -0.326 e. The van der Waals surface area contributed by atoms with E-state index in [1.165, 1.54) is 32.1 Å². The van der Waals surface area contributed by atoms with Crippen LogP contribution in [0.25, 0.3) is 11.1 Å². The average Bonchev–Trinajstić information content (AvgIpc) is 2.71. The van der Waals surface area contributed by atoms with Crippen LogP contribution in [0, 0.1) is 0 Å². The van der Waals surface area contributed by atoms with Crippen LogP contribution in [0.5, 0.6) is 0 Å². The van der Waals surface area contributed by atoms with Gasteiger partial charge in [0.05, 0.1) is 0 Å². The van der Waals surface area contributed by atoms with Crippen molar-refractivity contribution in [3.8, 4) is 11.1 Å². The van der Waals surface area contributed by atoms with Crippen LogP contribution in [0.2, 0.25) is 0 Å². The highest BCUT2D eigenvalue weighted by atomic mass is 16.2. The zero-order valence-corrected chi connectivity index (χ0v) is 16.4. The maximum Gasteiger partial charge on any atom is 0.234 e. The van der Waals surface area contributed by atoms with Gasteiger partial charge in [0.2, 0.25) is 17.5 Å². The summed E-state index contributed by atoms with van der Waals surface area (Å²) in [5.41, 5.74) is 2.87. The molecule has 2 aromatic rings. The van der Waals surface area contributed by atoms with Gasteiger partial charge < -0.3 is 5.32 Å². The number of fused-ring (bicyclic) bond motifs is 3. The first-order chi connectivity index (χ1) is 13.6. The number of carbonyl (C=O) groups excluding carboxylic acids is 3. The predicted octanol–water partition coefficient (Wildman–Crippen LogP) is 5.81. The molecule has 0 bridgehead atoms. The first kappa shape index (κ1) is 20.0. The molecule has 1 N–H and O–H groups in total. The van der Waals surface area contributed by atoms with Crippen molar-refractivity contribution in [2.24, 2.45) is 0 Å². The molecule has 146 valence electrons. The van der Waals surface area contributed by atoms with Crippen molar-refractivity contribution in [1.82, 2.24) is 0 Å². The molecule has 1 aliphatic carbocycles. The van der Waals surface area contributed by atoms with E-state index in [1.807, 2.05) is 18.2 Å². The number of unbranched alkanes of at least 4 members (excludes halogenated alkanes) is 6. The molecule has 1 amide bonds. The number of hydrogen-bond acceptors (Lipinski definition) is 3. The van der Waals surface area contributed by atoms with Crippen molar-refractivity contribution in [2.45, 2.75) is 58.3 Å². The van der Waals surface area contributed by atoms with Crippen LogP contribution in [-0.2, 0) is 4.79 Å². The van der Waals surface area contributed by atoms with E-state index in [-0.39, 0.29) is 5.91 Å². The SMILES string of the molecule is CCCCCCCCCC(=O)Nc1ccc2c(c1)C(=O)C(=O)c1ccccc1-2. The topological polar surface area (TPSA) is 63.2 Å². The number of amides is 1. The molecule has 3 rings (SSSR count). The predicted molar refractivity (Wildman–Crippen MR) is 112 cm³/mol. The molecule has 4 heteroatoms. The van der Waals surface area contributed by atoms with E-state index in [0.29, 0.717) is 23.2 Å².